The third-order valence-electron chi connectivity index (χ3n) is 5.95. The molecule has 0 spiro atoms. The van der Waals surface area contributed by atoms with E-state index in [2.05, 4.69) is 39.2 Å². The summed E-state index contributed by atoms with van der Waals surface area (Å²) in [7, 11) is 2.10. The van der Waals surface area contributed by atoms with Gasteiger partial charge in [-0.15, -0.1) is 13.2 Å². The van der Waals surface area contributed by atoms with E-state index in [1.807, 2.05) is 19.1 Å². The van der Waals surface area contributed by atoms with Gasteiger partial charge >= 0.3 is 6.36 Å². The maximum absolute atomic E-state index is 12.6. The van der Waals surface area contributed by atoms with Crippen molar-refractivity contribution in [2.75, 3.05) is 30.5 Å². The van der Waals surface area contributed by atoms with Crippen molar-refractivity contribution in [2.24, 2.45) is 0 Å². The quantitative estimate of drug-likeness (QED) is 0.507. The monoisotopic (exact) mass is 488 g/mol. The van der Waals surface area contributed by atoms with Gasteiger partial charge in [-0.2, -0.15) is 5.10 Å². The summed E-state index contributed by atoms with van der Waals surface area (Å²) in [6.45, 7) is 3.91. The lowest BCUT2D eigenvalue weighted by Gasteiger charge is -2.33. The summed E-state index contributed by atoms with van der Waals surface area (Å²) >= 11 is 0. The van der Waals surface area contributed by atoms with Gasteiger partial charge in [-0.3, -0.25) is 9.48 Å². The van der Waals surface area contributed by atoms with Crippen LogP contribution in [0.4, 0.5) is 24.5 Å². The summed E-state index contributed by atoms with van der Waals surface area (Å²) < 4.78 is 48.0. The molecule has 0 unspecified atom stereocenters. The zero-order chi connectivity index (χ0) is 25.0. The first-order chi connectivity index (χ1) is 16.7. The van der Waals surface area contributed by atoms with Gasteiger partial charge in [-0.1, -0.05) is 12.1 Å². The first-order valence-electron chi connectivity index (χ1n) is 11.3. The molecular formula is C25H27F3N4O3. The first-order valence-corrected chi connectivity index (χ1v) is 11.3. The molecule has 1 saturated heterocycles. The second-order valence-corrected chi connectivity index (χ2v) is 8.48. The molecular weight excluding hydrogens is 461 g/mol. The molecule has 0 atom stereocenters. The second kappa shape index (κ2) is 10.4. The van der Waals surface area contributed by atoms with Gasteiger partial charge in [0.05, 0.1) is 6.54 Å². The molecule has 7 nitrogen and oxygen atoms in total. The van der Waals surface area contributed by atoms with E-state index >= 15 is 0 Å². The predicted molar refractivity (Wildman–Crippen MR) is 126 cm³/mol. The Morgan fingerprint density at radius 3 is 2.57 bits per heavy atom. The molecule has 1 N–H and O–H groups in total. The van der Waals surface area contributed by atoms with E-state index in [1.165, 1.54) is 12.1 Å². The van der Waals surface area contributed by atoms with E-state index in [-0.39, 0.29) is 11.4 Å². The van der Waals surface area contributed by atoms with Gasteiger partial charge in [0.2, 0.25) is 0 Å². The van der Waals surface area contributed by atoms with Crippen molar-refractivity contribution in [1.29, 1.82) is 0 Å². The van der Waals surface area contributed by atoms with E-state index in [0.717, 1.165) is 55.1 Å². The molecule has 0 bridgehead atoms. The highest BCUT2D eigenvalue weighted by atomic mass is 19.4. The Morgan fingerprint density at radius 1 is 1.17 bits per heavy atom. The van der Waals surface area contributed by atoms with Crippen LogP contribution in [0, 0.1) is 6.92 Å². The number of nitrogens with zero attached hydrogens (tertiary/aromatic N) is 3. The zero-order valence-corrected chi connectivity index (χ0v) is 19.5. The lowest BCUT2D eigenvalue weighted by Crippen LogP contribution is -2.36. The molecule has 4 rings (SSSR count). The third-order valence-corrected chi connectivity index (χ3v) is 5.95. The fourth-order valence-corrected chi connectivity index (χ4v) is 4.05. The van der Waals surface area contributed by atoms with Crippen LogP contribution in [-0.4, -0.2) is 48.4 Å². The topological polar surface area (TPSA) is 68.6 Å². The lowest BCUT2D eigenvalue weighted by atomic mass is 10.1. The smallest absolute Gasteiger partial charge is 0.406 e. The minimum absolute atomic E-state index is 0.216. The van der Waals surface area contributed by atoms with E-state index in [9.17, 15) is 18.0 Å². The van der Waals surface area contributed by atoms with Gasteiger partial charge in [-0.25, -0.2) is 0 Å². The van der Waals surface area contributed by atoms with Crippen LogP contribution in [0.2, 0.25) is 0 Å². The molecule has 2 heterocycles. The number of ether oxygens (including phenoxy) is 2. The Morgan fingerprint density at radius 2 is 1.89 bits per heavy atom. The van der Waals surface area contributed by atoms with E-state index in [4.69, 9.17) is 4.74 Å². The van der Waals surface area contributed by atoms with Crippen molar-refractivity contribution in [3.63, 3.8) is 0 Å². The average Bonchev–Trinajstić information content (AvgIpc) is 3.20. The summed E-state index contributed by atoms with van der Waals surface area (Å²) in [5.41, 5.74) is 3.54. The van der Waals surface area contributed by atoms with Crippen LogP contribution in [0.15, 0.2) is 54.6 Å². The highest BCUT2D eigenvalue weighted by Crippen LogP contribution is 2.25. The predicted octanol–water partition coefficient (Wildman–Crippen LogP) is 5.01. The average molecular weight is 489 g/mol. The Balaban J connectivity index is 1.41. The van der Waals surface area contributed by atoms with Crippen LogP contribution in [0.3, 0.4) is 0 Å². The van der Waals surface area contributed by atoms with Crippen molar-refractivity contribution in [1.82, 2.24) is 9.78 Å². The molecule has 0 radical (unpaired) electrons. The Hall–Kier alpha value is -3.53. The third kappa shape index (κ3) is 6.54. The van der Waals surface area contributed by atoms with Crippen molar-refractivity contribution < 1.29 is 27.4 Å². The highest BCUT2D eigenvalue weighted by molar-refractivity contribution is 6.02. The molecule has 10 heteroatoms. The number of carbonyl (C=O) groups is 1. The molecule has 1 fully saturated rings. The van der Waals surface area contributed by atoms with Crippen LogP contribution >= 0.6 is 0 Å². The molecule has 35 heavy (non-hydrogen) atoms. The van der Waals surface area contributed by atoms with Gasteiger partial charge in [0.25, 0.3) is 5.91 Å². The van der Waals surface area contributed by atoms with Crippen LogP contribution in [0.5, 0.6) is 5.75 Å². The standard InChI is InChI=1S/C25H27F3N4O3/c1-17-14-23(24(33)29-19-6-8-22(9-7-19)35-25(26,27)28)30-32(17)16-18-4-3-5-21(15-18)31(2)20-10-12-34-13-11-20/h3-9,14-15,20H,10-13,16H2,1-2H3,(H,29,33). The van der Waals surface area contributed by atoms with E-state index in [1.54, 1.807) is 10.7 Å². The van der Waals surface area contributed by atoms with E-state index < -0.39 is 12.3 Å². The number of halogens is 3. The Labute approximate surface area is 201 Å². The highest BCUT2D eigenvalue weighted by Gasteiger charge is 2.31. The minimum atomic E-state index is -4.77. The van der Waals surface area contributed by atoms with E-state index in [0.29, 0.717) is 18.3 Å². The molecule has 1 aliphatic rings. The van der Waals surface area contributed by atoms with Crippen molar-refractivity contribution >= 4 is 17.3 Å². The number of anilines is 2. The molecule has 0 saturated carbocycles. The number of benzene rings is 2. The first kappa shape index (κ1) is 24.6. The molecule has 1 aliphatic heterocycles. The molecule has 2 aromatic carbocycles. The molecule has 1 aromatic heterocycles. The van der Waals surface area contributed by atoms with Crippen LogP contribution in [0.1, 0.15) is 34.6 Å². The second-order valence-electron chi connectivity index (χ2n) is 8.48. The number of alkyl halides is 3. The zero-order valence-electron chi connectivity index (χ0n) is 19.5. The van der Waals surface area contributed by atoms with Crippen LogP contribution in [-0.2, 0) is 11.3 Å². The number of hydrogen-bond donors (Lipinski definition) is 1. The van der Waals surface area contributed by atoms with Gasteiger partial charge in [0, 0.05) is 43.4 Å². The normalized spacial score (nSPS) is 14.5. The number of nitrogens with one attached hydrogen (secondary N) is 1. The summed E-state index contributed by atoms with van der Waals surface area (Å²) in [6, 6.07) is 15.3. The number of aryl methyl sites for hydroxylation is 1. The van der Waals surface area contributed by atoms with Gasteiger partial charge in [-0.05, 0) is 67.8 Å². The number of amides is 1. The molecule has 186 valence electrons. The van der Waals surface area contributed by atoms with Crippen LogP contribution in [0.25, 0.3) is 0 Å². The van der Waals surface area contributed by atoms with Crippen molar-refractivity contribution in [3.8, 4) is 5.75 Å². The maximum Gasteiger partial charge on any atom is 0.573 e. The Bertz CT molecular complexity index is 1160. The largest absolute Gasteiger partial charge is 0.573 e. The number of hydrogen-bond acceptors (Lipinski definition) is 5. The SMILES string of the molecule is Cc1cc(C(=O)Nc2ccc(OC(F)(F)F)cc2)nn1Cc1cccc(N(C)C2CCOCC2)c1. The molecule has 0 aliphatic carbocycles. The van der Waals surface area contributed by atoms with Crippen LogP contribution < -0.4 is 15.0 Å². The minimum Gasteiger partial charge on any atom is -0.406 e. The maximum atomic E-state index is 12.6. The summed E-state index contributed by atoms with van der Waals surface area (Å²) in [4.78, 5) is 14.9. The number of aromatic nitrogens is 2. The Kier molecular flexibility index (Phi) is 7.30. The number of carbonyl (C=O) groups excluding carboxylic acids is 1. The number of rotatable bonds is 7. The fourth-order valence-electron chi connectivity index (χ4n) is 4.05. The molecule has 1 amide bonds. The van der Waals surface area contributed by atoms with Gasteiger partial charge in [0.15, 0.2) is 5.69 Å². The van der Waals surface area contributed by atoms with Crippen molar-refractivity contribution in [3.05, 3.63) is 71.5 Å². The lowest BCUT2D eigenvalue weighted by molar-refractivity contribution is -0.274. The van der Waals surface area contributed by atoms with Gasteiger partial charge in [0.1, 0.15) is 5.75 Å². The van der Waals surface area contributed by atoms with Gasteiger partial charge < -0.3 is 19.7 Å². The summed E-state index contributed by atoms with van der Waals surface area (Å²) in [6.07, 6.45) is -2.78. The summed E-state index contributed by atoms with van der Waals surface area (Å²) in [5, 5.41) is 7.08. The fraction of sp³-hybridized carbons (Fsp3) is 0.360. The van der Waals surface area contributed by atoms with Crippen molar-refractivity contribution in [2.45, 2.75) is 38.7 Å². The molecule has 3 aromatic rings. The summed E-state index contributed by atoms with van der Waals surface area (Å²) in [5.74, 6) is -0.815.